The molecule has 38 heavy (non-hydrogen) atoms. The second kappa shape index (κ2) is 12.4. The van der Waals surface area contributed by atoms with Crippen LogP contribution in [0, 0.1) is 0 Å². The molecule has 0 unspecified atom stereocenters. The van der Waals surface area contributed by atoms with Crippen molar-refractivity contribution in [3.05, 3.63) is 77.9 Å². The van der Waals surface area contributed by atoms with Gasteiger partial charge < -0.3 is 24.3 Å². The van der Waals surface area contributed by atoms with E-state index < -0.39 is 27.9 Å². The molecule has 1 N–H and O–H groups in total. The molecule has 0 saturated carbocycles. The van der Waals surface area contributed by atoms with E-state index in [0.29, 0.717) is 11.3 Å². The predicted molar refractivity (Wildman–Crippen MR) is 141 cm³/mol. The second-order valence-corrected chi connectivity index (χ2v) is 10.1. The highest BCUT2D eigenvalue weighted by atomic mass is 32.2. The van der Waals surface area contributed by atoms with Crippen molar-refractivity contribution in [2.75, 3.05) is 40.8 Å². The molecular weight excluding hydrogens is 512 g/mol. The van der Waals surface area contributed by atoms with Gasteiger partial charge in [0.05, 0.1) is 50.6 Å². The Hall–Kier alpha value is -4.09. The van der Waals surface area contributed by atoms with Crippen LogP contribution < -0.4 is 19.5 Å². The summed E-state index contributed by atoms with van der Waals surface area (Å²) in [6.07, 6.45) is -0.260. The van der Waals surface area contributed by atoms with E-state index in [9.17, 15) is 18.0 Å². The zero-order valence-electron chi connectivity index (χ0n) is 21.8. The third kappa shape index (κ3) is 6.24. The lowest BCUT2D eigenvalue weighted by Gasteiger charge is -2.28. The second-order valence-electron chi connectivity index (χ2n) is 8.12. The normalized spacial score (nSPS) is 11.9. The molecule has 3 rings (SSSR count). The number of carbonyl (C=O) groups excluding carboxylic acids is 2. The number of rotatable bonds is 11. The summed E-state index contributed by atoms with van der Waals surface area (Å²) in [5.41, 5.74) is 0.745. The smallest absolute Gasteiger partial charge is 0.340 e. The lowest BCUT2D eigenvalue weighted by Crippen LogP contribution is -2.34. The highest BCUT2D eigenvalue weighted by Gasteiger charge is 2.31. The Morgan fingerprint density at radius 2 is 1.47 bits per heavy atom. The monoisotopic (exact) mass is 542 g/mol. The van der Waals surface area contributed by atoms with Gasteiger partial charge in [-0.15, -0.1) is 0 Å². The Balaban J connectivity index is 1.99. The van der Waals surface area contributed by atoms with Crippen LogP contribution in [0.3, 0.4) is 0 Å². The van der Waals surface area contributed by atoms with E-state index in [1.807, 2.05) is 0 Å². The zero-order chi connectivity index (χ0) is 27.9. The van der Waals surface area contributed by atoms with E-state index in [0.717, 1.165) is 4.31 Å². The fourth-order valence-corrected chi connectivity index (χ4v) is 5.21. The molecule has 11 heteroatoms. The largest absolute Gasteiger partial charge is 0.497 e. The van der Waals surface area contributed by atoms with Crippen molar-refractivity contribution >= 4 is 27.6 Å². The number of methoxy groups -OCH3 is 4. The molecule has 0 radical (unpaired) electrons. The van der Waals surface area contributed by atoms with Crippen molar-refractivity contribution in [3.63, 3.8) is 0 Å². The lowest BCUT2D eigenvalue weighted by molar-refractivity contribution is -0.117. The van der Waals surface area contributed by atoms with E-state index in [2.05, 4.69) is 5.32 Å². The molecule has 0 fully saturated rings. The van der Waals surface area contributed by atoms with Crippen molar-refractivity contribution in [1.82, 2.24) is 4.31 Å². The number of benzene rings is 3. The van der Waals surface area contributed by atoms with Crippen LogP contribution in [0.2, 0.25) is 0 Å². The van der Waals surface area contributed by atoms with Gasteiger partial charge in [0.1, 0.15) is 5.75 Å². The first kappa shape index (κ1) is 28.5. The minimum atomic E-state index is -3.95. The minimum absolute atomic E-state index is 0.0461. The molecule has 0 heterocycles. The van der Waals surface area contributed by atoms with Crippen LogP contribution in [-0.2, 0) is 19.6 Å². The van der Waals surface area contributed by atoms with Crippen molar-refractivity contribution in [1.29, 1.82) is 0 Å². The maximum atomic E-state index is 13.4. The Bertz CT molecular complexity index is 1380. The lowest BCUT2D eigenvalue weighted by atomic mass is 10.0. The predicted octanol–water partition coefficient (Wildman–Crippen LogP) is 3.89. The first-order valence-corrected chi connectivity index (χ1v) is 12.9. The van der Waals surface area contributed by atoms with Crippen molar-refractivity contribution < 1.29 is 37.0 Å². The molecule has 0 spiro atoms. The molecule has 0 aliphatic carbocycles. The van der Waals surface area contributed by atoms with E-state index in [4.69, 9.17) is 18.9 Å². The van der Waals surface area contributed by atoms with Gasteiger partial charge in [-0.25, -0.2) is 13.2 Å². The Morgan fingerprint density at radius 3 is 2.03 bits per heavy atom. The molecule has 0 bridgehead atoms. The summed E-state index contributed by atoms with van der Waals surface area (Å²) in [6, 6.07) is 16.7. The summed E-state index contributed by atoms with van der Waals surface area (Å²) in [5.74, 6) is -0.102. The van der Waals surface area contributed by atoms with Gasteiger partial charge in [-0.05, 0) is 29.8 Å². The number of sulfonamides is 1. The molecule has 202 valence electrons. The number of amides is 1. The van der Waals surface area contributed by atoms with Crippen molar-refractivity contribution in [3.8, 4) is 17.2 Å². The van der Waals surface area contributed by atoms with Crippen LogP contribution in [0.25, 0.3) is 0 Å². The maximum Gasteiger partial charge on any atom is 0.340 e. The van der Waals surface area contributed by atoms with Gasteiger partial charge >= 0.3 is 5.97 Å². The molecule has 3 aromatic carbocycles. The molecule has 0 aliphatic heterocycles. The maximum absolute atomic E-state index is 13.4. The quantitative estimate of drug-likeness (QED) is 0.363. The number of nitrogens with one attached hydrogen (secondary N) is 1. The molecule has 3 aromatic rings. The zero-order valence-corrected chi connectivity index (χ0v) is 22.6. The molecule has 0 aromatic heterocycles. The van der Waals surface area contributed by atoms with Gasteiger partial charge in [-0.2, -0.15) is 4.31 Å². The SMILES string of the molecule is COC(=O)c1cc(OC)c(OC)cc1NC(=O)C[C@H](c1ccc(OC)cc1)N(C)S(=O)(=O)c1ccccc1. The number of esters is 1. The molecule has 1 amide bonds. The number of hydrogen-bond donors (Lipinski definition) is 1. The van der Waals surface area contributed by atoms with Gasteiger partial charge in [-0.1, -0.05) is 30.3 Å². The highest BCUT2D eigenvalue weighted by molar-refractivity contribution is 7.89. The van der Waals surface area contributed by atoms with Crippen LogP contribution in [0.5, 0.6) is 17.2 Å². The number of ether oxygens (including phenoxy) is 4. The molecule has 10 nitrogen and oxygen atoms in total. The van der Waals surface area contributed by atoms with E-state index >= 15 is 0 Å². The molecule has 0 aliphatic rings. The summed E-state index contributed by atoms with van der Waals surface area (Å²) in [6.45, 7) is 0. The number of hydrogen-bond acceptors (Lipinski definition) is 8. The van der Waals surface area contributed by atoms with Gasteiger partial charge in [-0.3, -0.25) is 4.79 Å². The summed E-state index contributed by atoms with van der Waals surface area (Å²) in [7, 11) is 3.04. The van der Waals surface area contributed by atoms with Gasteiger partial charge in [0.2, 0.25) is 15.9 Å². The Morgan fingerprint density at radius 1 is 0.868 bits per heavy atom. The van der Waals surface area contributed by atoms with Crippen LogP contribution >= 0.6 is 0 Å². The average Bonchev–Trinajstić information content (AvgIpc) is 2.95. The van der Waals surface area contributed by atoms with Gasteiger partial charge in [0.15, 0.2) is 11.5 Å². The molecule has 0 saturated heterocycles. The van der Waals surface area contributed by atoms with Crippen LogP contribution in [0.4, 0.5) is 5.69 Å². The van der Waals surface area contributed by atoms with Gasteiger partial charge in [0, 0.05) is 25.6 Å². The van der Waals surface area contributed by atoms with Gasteiger partial charge in [0.25, 0.3) is 0 Å². The number of carbonyl (C=O) groups is 2. The first-order valence-electron chi connectivity index (χ1n) is 11.5. The average molecular weight is 543 g/mol. The Labute approximate surface area is 222 Å². The molecular formula is C27H30N2O8S. The minimum Gasteiger partial charge on any atom is -0.497 e. The number of anilines is 1. The third-order valence-corrected chi connectivity index (χ3v) is 7.82. The topological polar surface area (TPSA) is 120 Å². The fraction of sp³-hybridized carbons (Fsp3) is 0.259. The highest BCUT2D eigenvalue weighted by Crippen LogP contribution is 2.35. The summed E-state index contributed by atoms with van der Waals surface area (Å²) < 4.78 is 48.6. The van der Waals surface area contributed by atoms with Crippen LogP contribution in [0.15, 0.2) is 71.6 Å². The molecule has 1 atom stereocenters. The van der Waals surface area contributed by atoms with Crippen LogP contribution in [-0.4, -0.2) is 60.1 Å². The standard InChI is InChI=1S/C27H30N2O8S/c1-29(38(32,33)20-9-7-6-8-10-20)23(18-11-13-19(34-2)14-12-18)17-26(30)28-22-16-25(36-4)24(35-3)15-21(22)27(31)37-5/h6-16,23H,17H2,1-5H3,(H,28,30)/t23-/m1/s1. The van der Waals surface area contributed by atoms with E-state index in [1.54, 1.807) is 42.5 Å². The summed E-state index contributed by atoms with van der Waals surface area (Å²) in [5, 5.41) is 2.70. The van der Waals surface area contributed by atoms with Crippen molar-refractivity contribution in [2.24, 2.45) is 0 Å². The Kier molecular flexibility index (Phi) is 9.32. The summed E-state index contributed by atoms with van der Waals surface area (Å²) in [4.78, 5) is 25.8. The number of nitrogens with zero attached hydrogens (tertiary/aromatic N) is 1. The van der Waals surface area contributed by atoms with Crippen molar-refractivity contribution in [2.45, 2.75) is 17.4 Å². The van der Waals surface area contributed by atoms with E-state index in [-0.39, 0.29) is 34.1 Å². The summed E-state index contributed by atoms with van der Waals surface area (Å²) >= 11 is 0. The van der Waals surface area contributed by atoms with Crippen LogP contribution in [0.1, 0.15) is 28.4 Å². The third-order valence-electron chi connectivity index (χ3n) is 5.94. The first-order chi connectivity index (χ1) is 18.2. The fourth-order valence-electron chi connectivity index (χ4n) is 3.85. The van der Waals surface area contributed by atoms with E-state index in [1.165, 1.54) is 59.8 Å².